The number of hydrogen-bond acceptors (Lipinski definition) is 5. The summed E-state index contributed by atoms with van der Waals surface area (Å²) in [4.78, 5) is 11.6. The van der Waals surface area contributed by atoms with Crippen LogP contribution < -0.4 is 10.6 Å². The molecule has 1 amide bonds. The molecule has 0 aliphatic heterocycles. The number of aromatic nitrogens is 3. The fourth-order valence-corrected chi connectivity index (χ4v) is 1.59. The van der Waals surface area contributed by atoms with Crippen molar-refractivity contribution in [1.82, 2.24) is 25.6 Å². The average molecular weight is 283 g/mol. The van der Waals surface area contributed by atoms with E-state index in [0.29, 0.717) is 6.54 Å². The molecule has 0 saturated heterocycles. The number of nitrogens with one attached hydrogen (secondary N) is 2. The minimum atomic E-state index is -0.464. The fourth-order valence-electron chi connectivity index (χ4n) is 1.59. The second-order valence-electron chi connectivity index (χ2n) is 5.86. The maximum atomic E-state index is 11.6. The van der Waals surface area contributed by atoms with Gasteiger partial charge in [0.05, 0.1) is 11.9 Å². The third kappa shape index (κ3) is 6.51. The monoisotopic (exact) mass is 283 g/mol. The van der Waals surface area contributed by atoms with Crippen LogP contribution in [-0.2, 0) is 18.3 Å². The Labute approximate surface area is 120 Å². The van der Waals surface area contributed by atoms with Gasteiger partial charge in [-0.2, -0.15) is 0 Å². The normalized spacial score (nSPS) is 13.1. The predicted molar refractivity (Wildman–Crippen MR) is 76.2 cm³/mol. The van der Waals surface area contributed by atoms with E-state index in [9.17, 15) is 4.79 Å². The Kier molecular flexibility index (Phi) is 5.94. The molecule has 0 radical (unpaired) electrons. The van der Waals surface area contributed by atoms with Crippen LogP contribution in [0.3, 0.4) is 0 Å². The molecule has 1 aromatic heterocycles. The number of rotatable bonds is 6. The van der Waals surface area contributed by atoms with E-state index in [2.05, 4.69) is 20.9 Å². The van der Waals surface area contributed by atoms with Crippen molar-refractivity contribution in [1.29, 1.82) is 0 Å². The molecule has 1 aromatic rings. The molecular formula is C13H25N5O2. The summed E-state index contributed by atoms with van der Waals surface area (Å²) in [5, 5.41) is 13.8. The van der Waals surface area contributed by atoms with Crippen LogP contribution >= 0.6 is 0 Å². The minimum absolute atomic E-state index is 0.0574. The van der Waals surface area contributed by atoms with Gasteiger partial charge in [0.25, 0.3) is 0 Å². The highest BCUT2D eigenvalue weighted by molar-refractivity contribution is 5.67. The van der Waals surface area contributed by atoms with Gasteiger partial charge in [-0.15, -0.1) is 5.10 Å². The molecule has 0 saturated carbocycles. The van der Waals surface area contributed by atoms with Crippen molar-refractivity contribution in [2.45, 2.75) is 52.3 Å². The minimum Gasteiger partial charge on any atom is -0.444 e. The van der Waals surface area contributed by atoms with E-state index in [0.717, 1.165) is 18.7 Å². The van der Waals surface area contributed by atoms with Crippen molar-refractivity contribution in [3.05, 3.63) is 11.9 Å². The van der Waals surface area contributed by atoms with E-state index < -0.39 is 5.60 Å². The number of alkyl carbamates (subject to hydrolysis) is 1. The van der Waals surface area contributed by atoms with Crippen LogP contribution in [0.2, 0.25) is 0 Å². The molecule has 0 spiro atoms. The summed E-state index contributed by atoms with van der Waals surface area (Å²) in [5.74, 6) is 0. The molecule has 0 fully saturated rings. The van der Waals surface area contributed by atoms with Gasteiger partial charge in [-0.1, -0.05) is 5.21 Å². The molecule has 7 nitrogen and oxygen atoms in total. The largest absolute Gasteiger partial charge is 0.444 e. The molecule has 0 bridgehead atoms. The standard InChI is InChI=1S/C13H25N5O2/c1-10(16-12(19)20-13(2,3)4)6-7-14-8-11-9-15-17-18(11)5/h9-10,14H,6-8H2,1-5H3,(H,16,19). The SMILES string of the molecule is CC(CCNCc1cnnn1C)NC(=O)OC(C)(C)C. The van der Waals surface area contributed by atoms with Gasteiger partial charge < -0.3 is 15.4 Å². The molecule has 0 aliphatic rings. The number of carbonyl (C=O) groups is 1. The Balaban J connectivity index is 2.15. The van der Waals surface area contributed by atoms with Gasteiger partial charge in [0, 0.05) is 19.6 Å². The third-order valence-corrected chi connectivity index (χ3v) is 2.63. The molecule has 2 N–H and O–H groups in total. The summed E-state index contributed by atoms with van der Waals surface area (Å²) in [6.45, 7) is 9.00. The number of carbonyl (C=O) groups excluding carboxylic acids is 1. The van der Waals surface area contributed by atoms with Gasteiger partial charge in [0.1, 0.15) is 5.60 Å². The van der Waals surface area contributed by atoms with Gasteiger partial charge in [-0.25, -0.2) is 4.79 Å². The van der Waals surface area contributed by atoms with Crippen LogP contribution in [-0.4, -0.2) is 39.3 Å². The van der Waals surface area contributed by atoms with Crippen molar-refractivity contribution in [3.8, 4) is 0 Å². The molecule has 114 valence electrons. The van der Waals surface area contributed by atoms with E-state index in [1.54, 1.807) is 10.9 Å². The molecule has 0 aromatic carbocycles. The van der Waals surface area contributed by atoms with E-state index in [1.165, 1.54) is 0 Å². The Morgan fingerprint density at radius 1 is 1.50 bits per heavy atom. The van der Waals surface area contributed by atoms with Crippen molar-refractivity contribution < 1.29 is 9.53 Å². The Morgan fingerprint density at radius 3 is 2.75 bits per heavy atom. The molecule has 1 atom stereocenters. The molecule has 1 unspecified atom stereocenters. The zero-order valence-corrected chi connectivity index (χ0v) is 12.9. The molecule has 0 aliphatic carbocycles. The first-order chi connectivity index (χ1) is 9.28. The first-order valence-electron chi connectivity index (χ1n) is 6.82. The maximum Gasteiger partial charge on any atom is 0.407 e. The summed E-state index contributed by atoms with van der Waals surface area (Å²) in [6, 6.07) is 0.0574. The van der Waals surface area contributed by atoms with Crippen molar-refractivity contribution in [2.24, 2.45) is 7.05 Å². The quantitative estimate of drug-likeness (QED) is 0.767. The Morgan fingerprint density at radius 2 is 2.20 bits per heavy atom. The highest BCUT2D eigenvalue weighted by Crippen LogP contribution is 2.07. The van der Waals surface area contributed by atoms with Gasteiger partial charge >= 0.3 is 6.09 Å². The van der Waals surface area contributed by atoms with Crippen LogP contribution in [0, 0.1) is 0 Å². The fraction of sp³-hybridized carbons (Fsp3) is 0.769. The third-order valence-electron chi connectivity index (χ3n) is 2.63. The number of hydrogen-bond donors (Lipinski definition) is 2. The number of amides is 1. The second kappa shape index (κ2) is 7.23. The van der Waals surface area contributed by atoms with Gasteiger partial charge in [-0.3, -0.25) is 4.68 Å². The lowest BCUT2D eigenvalue weighted by Gasteiger charge is -2.22. The summed E-state index contributed by atoms with van der Waals surface area (Å²) in [5.41, 5.74) is 0.562. The van der Waals surface area contributed by atoms with Crippen LogP contribution in [0.15, 0.2) is 6.20 Å². The van der Waals surface area contributed by atoms with Crippen molar-refractivity contribution in [3.63, 3.8) is 0 Å². The van der Waals surface area contributed by atoms with Gasteiger partial charge in [-0.05, 0) is 40.7 Å². The summed E-state index contributed by atoms with van der Waals surface area (Å²) < 4.78 is 6.93. The average Bonchev–Trinajstić information content (AvgIpc) is 2.67. The lowest BCUT2D eigenvalue weighted by atomic mass is 10.2. The first-order valence-corrected chi connectivity index (χ1v) is 6.82. The Hall–Kier alpha value is -1.63. The van der Waals surface area contributed by atoms with E-state index >= 15 is 0 Å². The van der Waals surface area contributed by atoms with Gasteiger partial charge in [0.2, 0.25) is 0 Å². The molecule has 7 heteroatoms. The number of ether oxygens (including phenoxy) is 1. The van der Waals surface area contributed by atoms with E-state index in [-0.39, 0.29) is 12.1 Å². The van der Waals surface area contributed by atoms with E-state index in [4.69, 9.17) is 4.74 Å². The predicted octanol–water partition coefficient (Wildman–Crippen LogP) is 1.21. The summed E-state index contributed by atoms with van der Waals surface area (Å²) >= 11 is 0. The topological polar surface area (TPSA) is 81.1 Å². The zero-order valence-electron chi connectivity index (χ0n) is 12.9. The maximum absolute atomic E-state index is 11.6. The van der Waals surface area contributed by atoms with Crippen LogP contribution in [0.4, 0.5) is 4.79 Å². The summed E-state index contributed by atoms with van der Waals surface area (Å²) in [7, 11) is 1.86. The number of aryl methyl sites for hydroxylation is 1. The summed E-state index contributed by atoms with van der Waals surface area (Å²) in [6.07, 6.45) is 2.18. The van der Waals surface area contributed by atoms with Crippen LogP contribution in [0.5, 0.6) is 0 Å². The van der Waals surface area contributed by atoms with E-state index in [1.807, 2.05) is 34.7 Å². The molecular weight excluding hydrogens is 258 g/mol. The lowest BCUT2D eigenvalue weighted by molar-refractivity contribution is 0.0506. The molecule has 1 heterocycles. The highest BCUT2D eigenvalue weighted by atomic mass is 16.6. The Bertz CT molecular complexity index is 425. The highest BCUT2D eigenvalue weighted by Gasteiger charge is 2.17. The van der Waals surface area contributed by atoms with Gasteiger partial charge in [0.15, 0.2) is 0 Å². The van der Waals surface area contributed by atoms with Crippen molar-refractivity contribution >= 4 is 6.09 Å². The van der Waals surface area contributed by atoms with Crippen molar-refractivity contribution in [2.75, 3.05) is 6.54 Å². The van der Waals surface area contributed by atoms with Crippen LogP contribution in [0.25, 0.3) is 0 Å². The molecule has 1 rings (SSSR count). The molecule has 20 heavy (non-hydrogen) atoms. The van der Waals surface area contributed by atoms with Crippen LogP contribution in [0.1, 0.15) is 39.8 Å². The smallest absolute Gasteiger partial charge is 0.407 e. The lowest BCUT2D eigenvalue weighted by Crippen LogP contribution is -2.38. The first kappa shape index (κ1) is 16.4. The number of nitrogens with zero attached hydrogens (tertiary/aromatic N) is 3. The zero-order chi connectivity index (χ0) is 15.2. The second-order valence-corrected chi connectivity index (χ2v) is 5.86.